The maximum atomic E-state index is 12.2. The SMILES string of the molecule is COC(=O)C(CN)(CC1CCCCC1)CC1CC1. The highest BCUT2D eigenvalue weighted by molar-refractivity contribution is 5.77. The molecule has 0 aliphatic heterocycles. The smallest absolute Gasteiger partial charge is 0.313 e. The average Bonchev–Trinajstić information content (AvgIpc) is 3.22. The summed E-state index contributed by atoms with van der Waals surface area (Å²) in [5.74, 6) is 1.33. The van der Waals surface area contributed by atoms with Gasteiger partial charge in [0.2, 0.25) is 0 Å². The first-order valence-corrected chi connectivity index (χ1v) is 7.48. The molecular formula is C15H27NO2. The predicted molar refractivity (Wildman–Crippen MR) is 72.0 cm³/mol. The van der Waals surface area contributed by atoms with Crippen LogP contribution in [0.1, 0.15) is 57.8 Å². The molecule has 0 spiro atoms. The van der Waals surface area contributed by atoms with Gasteiger partial charge in [-0.25, -0.2) is 0 Å². The van der Waals surface area contributed by atoms with E-state index in [-0.39, 0.29) is 5.97 Å². The lowest BCUT2D eigenvalue weighted by atomic mass is 9.71. The number of nitrogens with two attached hydrogens (primary N) is 1. The van der Waals surface area contributed by atoms with Gasteiger partial charge in [0.1, 0.15) is 0 Å². The van der Waals surface area contributed by atoms with Gasteiger partial charge in [-0.2, -0.15) is 0 Å². The van der Waals surface area contributed by atoms with E-state index in [1.165, 1.54) is 52.1 Å². The van der Waals surface area contributed by atoms with Crippen molar-refractivity contribution in [1.82, 2.24) is 0 Å². The minimum Gasteiger partial charge on any atom is -0.469 e. The summed E-state index contributed by atoms with van der Waals surface area (Å²) in [5, 5.41) is 0. The van der Waals surface area contributed by atoms with Crippen molar-refractivity contribution in [3.05, 3.63) is 0 Å². The van der Waals surface area contributed by atoms with Crippen molar-refractivity contribution in [2.45, 2.75) is 57.8 Å². The molecule has 2 N–H and O–H groups in total. The van der Waals surface area contributed by atoms with E-state index in [1.807, 2.05) is 0 Å². The average molecular weight is 253 g/mol. The minimum absolute atomic E-state index is 0.0672. The highest BCUT2D eigenvalue weighted by Gasteiger charge is 2.44. The van der Waals surface area contributed by atoms with Gasteiger partial charge in [-0.05, 0) is 24.7 Å². The Morgan fingerprint density at radius 1 is 1.11 bits per heavy atom. The molecule has 2 fully saturated rings. The molecule has 18 heavy (non-hydrogen) atoms. The number of hydrogen-bond donors (Lipinski definition) is 1. The third-order valence-electron chi connectivity index (χ3n) is 4.79. The second-order valence-electron chi connectivity index (χ2n) is 6.33. The van der Waals surface area contributed by atoms with Crippen molar-refractivity contribution in [2.24, 2.45) is 23.0 Å². The first-order valence-electron chi connectivity index (χ1n) is 7.48. The van der Waals surface area contributed by atoms with E-state index in [2.05, 4.69) is 0 Å². The molecule has 2 rings (SSSR count). The molecule has 2 saturated carbocycles. The van der Waals surface area contributed by atoms with Crippen LogP contribution in [0.5, 0.6) is 0 Å². The highest BCUT2D eigenvalue weighted by Crippen LogP contribution is 2.45. The number of esters is 1. The molecule has 0 saturated heterocycles. The van der Waals surface area contributed by atoms with Gasteiger partial charge < -0.3 is 10.5 Å². The zero-order chi connectivity index (χ0) is 13.0. The third kappa shape index (κ3) is 3.25. The molecule has 0 bridgehead atoms. The van der Waals surface area contributed by atoms with Gasteiger partial charge in [-0.1, -0.05) is 44.9 Å². The predicted octanol–water partition coefficient (Wildman–Crippen LogP) is 2.88. The molecule has 2 aliphatic carbocycles. The van der Waals surface area contributed by atoms with Crippen molar-refractivity contribution < 1.29 is 9.53 Å². The Hall–Kier alpha value is -0.570. The Kier molecular flexibility index (Phi) is 4.66. The van der Waals surface area contributed by atoms with Crippen molar-refractivity contribution in [1.29, 1.82) is 0 Å². The monoisotopic (exact) mass is 253 g/mol. The fourth-order valence-corrected chi connectivity index (χ4v) is 3.53. The van der Waals surface area contributed by atoms with Gasteiger partial charge in [0.05, 0.1) is 12.5 Å². The van der Waals surface area contributed by atoms with Gasteiger partial charge in [-0.15, -0.1) is 0 Å². The molecule has 0 aromatic rings. The molecule has 3 heteroatoms. The standard InChI is InChI=1S/C15H27NO2/c1-18-14(17)15(11-16,10-13-7-8-13)9-12-5-3-2-4-6-12/h12-13H,2-11,16H2,1H3. The summed E-state index contributed by atoms with van der Waals surface area (Å²) in [6.45, 7) is 0.451. The number of hydrogen-bond acceptors (Lipinski definition) is 3. The number of ether oxygens (including phenoxy) is 1. The number of methoxy groups -OCH3 is 1. The summed E-state index contributed by atoms with van der Waals surface area (Å²) in [4.78, 5) is 12.2. The fourth-order valence-electron chi connectivity index (χ4n) is 3.53. The zero-order valence-corrected chi connectivity index (χ0v) is 11.6. The van der Waals surface area contributed by atoms with Gasteiger partial charge in [0, 0.05) is 6.54 Å². The van der Waals surface area contributed by atoms with Crippen molar-refractivity contribution in [2.75, 3.05) is 13.7 Å². The number of rotatable bonds is 6. The molecule has 3 nitrogen and oxygen atoms in total. The number of carbonyl (C=O) groups excluding carboxylic acids is 1. The second-order valence-corrected chi connectivity index (χ2v) is 6.33. The molecule has 104 valence electrons. The lowest BCUT2D eigenvalue weighted by Crippen LogP contribution is -2.42. The van der Waals surface area contributed by atoms with Crippen LogP contribution in [-0.4, -0.2) is 19.6 Å². The van der Waals surface area contributed by atoms with E-state index in [0.717, 1.165) is 18.8 Å². The van der Waals surface area contributed by atoms with Gasteiger partial charge in [-0.3, -0.25) is 4.79 Å². The number of carbonyl (C=O) groups is 1. The van der Waals surface area contributed by atoms with Crippen LogP contribution in [0, 0.1) is 17.3 Å². The van der Waals surface area contributed by atoms with Crippen LogP contribution in [0.25, 0.3) is 0 Å². The summed E-state index contributed by atoms with van der Waals surface area (Å²) in [7, 11) is 1.50. The fraction of sp³-hybridized carbons (Fsp3) is 0.933. The Balaban J connectivity index is 2.02. The van der Waals surface area contributed by atoms with Crippen LogP contribution in [0.3, 0.4) is 0 Å². The van der Waals surface area contributed by atoms with Gasteiger partial charge in [0.15, 0.2) is 0 Å². The van der Waals surface area contributed by atoms with Crippen molar-refractivity contribution in [3.8, 4) is 0 Å². The molecule has 1 unspecified atom stereocenters. The van der Waals surface area contributed by atoms with E-state index >= 15 is 0 Å². The summed E-state index contributed by atoms with van der Waals surface area (Å²) >= 11 is 0. The van der Waals surface area contributed by atoms with Gasteiger partial charge in [0.25, 0.3) is 0 Å². The minimum atomic E-state index is -0.391. The molecular weight excluding hydrogens is 226 g/mol. The van der Waals surface area contributed by atoms with E-state index in [0.29, 0.717) is 12.5 Å². The first-order chi connectivity index (χ1) is 8.70. The Labute approximate surface area is 110 Å². The summed E-state index contributed by atoms with van der Waals surface area (Å²) in [6.07, 6.45) is 11.0. The van der Waals surface area contributed by atoms with Crippen molar-refractivity contribution in [3.63, 3.8) is 0 Å². The summed E-state index contributed by atoms with van der Waals surface area (Å²) in [6, 6.07) is 0. The zero-order valence-electron chi connectivity index (χ0n) is 11.6. The Morgan fingerprint density at radius 2 is 1.67 bits per heavy atom. The van der Waals surface area contributed by atoms with Crippen LogP contribution in [0.15, 0.2) is 0 Å². The Morgan fingerprint density at radius 3 is 2.11 bits per heavy atom. The first kappa shape index (κ1) is 13.9. The van der Waals surface area contributed by atoms with E-state index in [4.69, 9.17) is 10.5 Å². The maximum absolute atomic E-state index is 12.2. The van der Waals surface area contributed by atoms with Crippen LogP contribution in [-0.2, 0) is 9.53 Å². The second kappa shape index (κ2) is 6.05. The Bertz CT molecular complexity index is 282. The van der Waals surface area contributed by atoms with E-state index in [9.17, 15) is 4.79 Å². The normalized spacial score (nSPS) is 24.6. The van der Waals surface area contributed by atoms with Crippen LogP contribution in [0.4, 0.5) is 0 Å². The largest absolute Gasteiger partial charge is 0.469 e. The molecule has 0 radical (unpaired) electrons. The molecule has 0 aromatic heterocycles. The van der Waals surface area contributed by atoms with Crippen LogP contribution >= 0.6 is 0 Å². The van der Waals surface area contributed by atoms with E-state index in [1.54, 1.807) is 0 Å². The van der Waals surface area contributed by atoms with Crippen molar-refractivity contribution >= 4 is 5.97 Å². The van der Waals surface area contributed by atoms with E-state index < -0.39 is 5.41 Å². The lowest BCUT2D eigenvalue weighted by Gasteiger charge is -2.35. The topological polar surface area (TPSA) is 52.3 Å². The lowest BCUT2D eigenvalue weighted by molar-refractivity contribution is -0.154. The van der Waals surface area contributed by atoms with Crippen LogP contribution in [0.2, 0.25) is 0 Å². The third-order valence-corrected chi connectivity index (χ3v) is 4.79. The molecule has 0 heterocycles. The quantitative estimate of drug-likeness (QED) is 0.741. The maximum Gasteiger partial charge on any atom is 0.313 e. The molecule has 0 amide bonds. The molecule has 2 aliphatic rings. The molecule has 1 atom stereocenters. The summed E-state index contributed by atoms with van der Waals surface area (Å²) in [5.41, 5.74) is 5.59. The highest BCUT2D eigenvalue weighted by atomic mass is 16.5. The molecule has 0 aromatic carbocycles. The van der Waals surface area contributed by atoms with Crippen LogP contribution < -0.4 is 5.73 Å². The van der Waals surface area contributed by atoms with Gasteiger partial charge >= 0.3 is 5.97 Å². The summed E-state index contributed by atoms with van der Waals surface area (Å²) < 4.78 is 5.06.